The molecule has 0 bridgehead atoms. The summed E-state index contributed by atoms with van der Waals surface area (Å²) in [5.74, 6) is -0.792. The molecule has 0 aliphatic rings. The van der Waals surface area contributed by atoms with E-state index in [0.717, 1.165) is 28.1 Å². The maximum absolute atomic E-state index is 13.7. The first kappa shape index (κ1) is 28.9. The summed E-state index contributed by atoms with van der Waals surface area (Å²) in [6.45, 7) is 7.55. The molecule has 2 aromatic carbocycles. The van der Waals surface area contributed by atoms with E-state index >= 15 is 0 Å². The van der Waals surface area contributed by atoms with Crippen molar-refractivity contribution in [2.45, 2.75) is 53.1 Å². The third-order valence-corrected chi connectivity index (χ3v) is 7.44. The number of carbonyl (C=O) groups excluding carboxylic acids is 2. The highest BCUT2D eigenvalue weighted by atomic mass is 35.5. The van der Waals surface area contributed by atoms with Crippen LogP contribution in [0.2, 0.25) is 10.0 Å². The summed E-state index contributed by atoms with van der Waals surface area (Å²) < 4.78 is 26.5. The Morgan fingerprint density at radius 3 is 2.26 bits per heavy atom. The number of sulfonamides is 1. The normalized spacial score (nSPS) is 12.2. The van der Waals surface area contributed by atoms with Gasteiger partial charge in [0.15, 0.2) is 0 Å². The fraction of sp³-hybridized carbons (Fsp3) is 0.440. The Morgan fingerprint density at radius 1 is 1.03 bits per heavy atom. The van der Waals surface area contributed by atoms with E-state index in [0.29, 0.717) is 34.3 Å². The molecule has 0 aliphatic heterocycles. The van der Waals surface area contributed by atoms with Crippen molar-refractivity contribution in [3.05, 3.63) is 63.1 Å². The van der Waals surface area contributed by atoms with Gasteiger partial charge in [-0.2, -0.15) is 0 Å². The minimum absolute atomic E-state index is 0.0677. The molecule has 0 aromatic heterocycles. The van der Waals surface area contributed by atoms with Crippen molar-refractivity contribution in [2.24, 2.45) is 0 Å². The summed E-state index contributed by atoms with van der Waals surface area (Å²) in [5, 5.41) is 3.54. The first-order chi connectivity index (χ1) is 16.4. The van der Waals surface area contributed by atoms with E-state index in [1.165, 1.54) is 4.90 Å². The van der Waals surface area contributed by atoms with E-state index in [4.69, 9.17) is 23.2 Å². The van der Waals surface area contributed by atoms with Crippen molar-refractivity contribution >= 4 is 50.7 Å². The number of hydrogen-bond acceptors (Lipinski definition) is 4. The molecule has 0 radical (unpaired) electrons. The van der Waals surface area contributed by atoms with Crippen molar-refractivity contribution in [2.75, 3.05) is 23.7 Å². The first-order valence-corrected chi connectivity index (χ1v) is 14.1. The van der Waals surface area contributed by atoms with Crippen LogP contribution in [0.15, 0.2) is 36.4 Å². The highest BCUT2D eigenvalue weighted by Crippen LogP contribution is 2.26. The van der Waals surface area contributed by atoms with Gasteiger partial charge in [-0.05, 0) is 56.0 Å². The lowest BCUT2D eigenvalue weighted by Gasteiger charge is -2.33. The largest absolute Gasteiger partial charge is 0.354 e. The van der Waals surface area contributed by atoms with Gasteiger partial charge in [-0.15, -0.1) is 0 Å². The van der Waals surface area contributed by atoms with Gasteiger partial charge in [0.2, 0.25) is 21.8 Å². The van der Waals surface area contributed by atoms with Gasteiger partial charge in [0.05, 0.1) is 22.0 Å². The van der Waals surface area contributed by atoms with Crippen LogP contribution in [0.4, 0.5) is 5.69 Å². The molecule has 0 saturated carbocycles. The monoisotopic (exact) mass is 541 g/mol. The minimum atomic E-state index is -3.79. The van der Waals surface area contributed by atoms with Crippen molar-refractivity contribution in [3.8, 4) is 0 Å². The molecule has 0 aliphatic carbocycles. The maximum Gasteiger partial charge on any atom is 0.244 e. The number of rotatable bonds is 11. The molecular weight excluding hydrogens is 509 g/mol. The van der Waals surface area contributed by atoms with Crippen LogP contribution in [0.3, 0.4) is 0 Å². The lowest BCUT2D eigenvalue weighted by molar-refractivity contribution is -0.140. The second kappa shape index (κ2) is 12.6. The Hall–Kier alpha value is -2.29. The molecule has 0 heterocycles. The Bertz CT molecular complexity index is 1170. The molecule has 192 valence electrons. The fourth-order valence-corrected chi connectivity index (χ4v) is 5.03. The van der Waals surface area contributed by atoms with Crippen molar-refractivity contribution in [1.29, 1.82) is 0 Å². The Morgan fingerprint density at radius 2 is 1.71 bits per heavy atom. The summed E-state index contributed by atoms with van der Waals surface area (Å²) in [7, 11) is -3.79. The van der Waals surface area contributed by atoms with Crippen LogP contribution in [0.5, 0.6) is 0 Å². The Kier molecular flexibility index (Phi) is 10.4. The van der Waals surface area contributed by atoms with E-state index < -0.39 is 28.5 Å². The predicted octanol–water partition coefficient (Wildman–Crippen LogP) is 4.71. The lowest BCUT2D eigenvalue weighted by Crippen LogP contribution is -2.52. The van der Waals surface area contributed by atoms with Gasteiger partial charge in [-0.25, -0.2) is 8.42 Å². The van der Waals surface area contributed by atoms with Crippen molar-refractivity contribution in [3.63, 3.8) is 0 Å². The molecule has 1 unspecified atom stereocenters. The van der Waals surface area contributed by atoms with Crippen LogP contribution in [0.25, 0.3) is 0 Å². The van der Waals surface area contributed by atoms with Crippen LogP contribution in [-0.4, -0.2) is 50.5 Å². The van der Waals surface area contributed by atoms with E-state index in [1.54, 1.807) is 37.3 Å². The van der Waals surface area contributed by atoms with Gasteiger partial charge < -0.3 is 10.2 Å². The molecule has 7 nitrogen and oxygen atoms in total. The number of nitrogens with zero attached hydrogens (tertiary/aromatic N) is 2. The zero-order chi connectivity index (χ0) is 26.3. The zero-order valence-corrected chi connectivity index (χ0v) is 23.1. The number of carbonyl (C=O) groups is 2. The molecule has 10 heteroatoms. The number of halogens is 2. The zero-order valence-electron chi connectivity index (χ0n) is 20.8. The molecule has 1 N–H and O–H groups in total. The molecule has 35 heavy (non-hydrogen) atoms. The van der Waals surface area contributed by atoms with E-state index in [1.807, 2.05) is 26.8 Å². The third-order valence-electron chi connectivity index (χ3n) is 5.57. The average molecular weight is 543 g/mol. The lowest BCUT2D eigenvalue weighted by atomic mass is 10.1. The van der Waals surface area contributed by atoms with Crippen molar-refractivity contribution < 1.29 is 18.0 Å². The summed E-state index contributed by atoms with van der Waals surface area (Å²) in [5.41, 5.74) is 2.80. The van der Waals surface area contributed by atoms with Crippen molar-refractivity contribution in [1.82, 2.24) is 10.2 Å². The van der Waals surface area contributed by atoms with Crippen LogP contribution in [0, 0.1) is 13.8 Å². The average Bonchev–Trinajstić information content (AvgIpc) is 2.77. The van der Waals surface area contributed by atoms with Crippen LogP contribution >= 0.6 is 23.2 Å². The molecule has 2 rings (SSSR count). The van der Waals surface area contributed by atoms with Gasteiger partial charge in [-0.1, -0.05) is 60.8 Å². The second-order valence-electron chi connectivity index (χ2n) is 8.54. The van der Waals surface area contributed by atoms with E-state index in [2.05, 4.69) is 5.32 Å². The highest BCUT2D eigenvalue weighted by Gasteiger charge is 2.32. The highest BCUT2D eigenvalue weighted by molar-refractivity contribution is 7.92. The molecule has 0 spiro atoms. The maximum atomic E-state index is 13.7. The van der Waals surface area contributed by atoms with Gasteiger partial charge >= 0.3 is 0 Å². The smallest absolute Gasteiger partial charge is 0.244 e. The number of anilines is 1. The molecule has 0 saturated heterocycles. The number of benzene rings is 2. The van der Waals surface area contributed by atoms with Crippen LogP contribution in [0.1, 0.15) is 43.4 Å². The van der Waals surface area contributed by atoms with Gasteiger partial charge in [0, 0.05) is 13.1 Å². The number of amides is 2. The Labute approximate surface area is 218 Å². The fourth-order valence-electron chi connectivity index (χ4n) is 3.80. The molecule has 2 amide bonds. The first-order valence-electron chi connectivity index (χ1n) is 11.4. The molecule has 2 aromatic rings. The summed E-state index contributed by atoms with van der Waals surface area (Å²) in [6, 6.07) is 9.54. The van der Waals surface area contributed by atoms with Gasteiger partial charge in [0.25, 0.3) is 0 Å². The second-order valence-corrected chi connectivity index (χ2v) is 11.3. The van der Waals surface area contributed by atoms with Gasteiger partial charge in [0.1, 0.15) is 12.6 Å². The predicted molar refractivity (Wildman–Crippen MR) is 142 cm³/mol. The van der Waals surface area contributed by atoms with Gasteiger partial charge in [-0.3, -0.25) is 13.9 Å². The van der Waals surface area contributed by atoms with Crippen LogP contribution < -0.4 is 9.62 Å². The Balaban J connectivity index is 2.48. The SMILES string of the molecule is CCCNC(=O)C(CC)N(Cc1ccc(Cl)c(Cl)c1)C(=O)CN(c1ccc(C)cc1C)S(C)(=O)=O. The molecule has 1 atom stereocenters. The quantitative estimate of drug-likeness (QED) is 0.446. The summed E-state index contributed by atoms with van der Waals surface area (Å²) in [6.07, 6.45) is 2.16. The molecule has 0 fully saturated rings. The number of hydrogen-bond donors (Lipinski definition) is 1. The standard InChI is InChI=1S/C25H33Cl2N3O4S/c1-6-12-28-25(32)22(7-2)29(15-19-9-10-20(26)21(27)14-19)24(31)16-30(35(5,33)34)23-11-8-17(3)13-18(23)4/h8-11,13-14,22H,6-7,12,15-16H2,1-5H3,(H,28,32). The van der Waals surface area contributed by atoms with E-state index in [-0.39, 0.29) is 12.5 Å². The van der Waals surface area contributed by atoms with E-state index in [9.17, 15) is 18.0 Å². The third kappa shape index (κ3) is 7.85. The van der Waals surface area contributed by atoms with Crippen LogP contribution in [-0.2, 0) is 26.2 Å². The number of nitrogens with one attached hydrogen (secondary N) is 1. The minimum Gasteiger partial charge on any atom is -0.354 e. The molecular formula is C25H33Cl2N3O4S. The number of aryl methyl sites for hydroxylation is 2. The topological polar surface area (TPSA) is 86.8 Å². The summed E-state index contributed by atoms with van der Waals surface area (Å²) >= 11 is 12.2. The summed E-state index contributed by atoms with van der Waals surface area (Å²) in [4.78, 5) is 28.0.